The Kier molecular flexibility index (Phi) is 7.22. The molecular formula is C20H32N6O2. The van der Waals surface area contributed by atoms with Crippen molar-refractivity contribution in [3.63, 3.8) is 0 Å². The predicted molar refractivity (Wildman–Crippen MR) is 107 cm³/mol. The number of hydrogen-bond acceptors (Lipinski definition) is 7. The Bertz CT molecular complexity index is 750. The minimum atomic E-state index is -0.166. The minimum Gasteiger partial charge on any atom is -0.493 e. The first-order chi connectivity index (χ1) is 13.7. The van der Waals surface area contributed by atoms with Crippen LogP contribution in [0.4, 0.5) is 0 Å². The number of hydrogen-bond donors (Lipinski definition) is 2. The smallest absolute Gasteiger partial charge is 0.172 e. The molecule has 1 fully saturated rings. The van der Waals surface area contributed by atoms with E-state index in [1.54, 1.807) is 14.2 Å². The van der Waals surface area contributed by atoms with Crippen LogP contribution in [0.3, 0.4) is 0 Å². The van der Waals surface area contributed by atoms with Crippen LogP contribution in [0.15, 0.2) is 18.2 Å². The second-order valence-electron chi connectivity index (χ2n) is 7.38. The van der Waals surface area contributed by atoms with Gasteiger partial charge in [0.1, 0.15) is 0 Å². The first kappa shape index (κ1) is 20.5. The van der Waals surface area contributed by atoms with Crippen LogP contribution in [-0.4, -0.2) is 46.5 Å². The molecular weight excluding hydrogens is 356 g/mol. The number of unbranched alkanes of at least 4 members (excludes halogenated alkanes) is 1. The molecule has 3 unspecified atom stereocenters. The van der Waals surface area contributed by atoms with E-state index in [1.807, 2.05) is 22.9 Å². The molecule has 8 nitrogen and oxygen atoms in total. The number of tetrazole rings is 1. The van der Waals surface area contributed by atoms with Gasteiger partial charge in [0.25, 0.3) is 0 Å². The van der Waals surface area contributed by atoms with Crippen molar-refractivity contribution >= 4 is 0 Å². The van der Waals surface area contributed by atoms with E-state index in [-0.39, 0.29) is 18.1 Å². The van der Waals surface area contributed by atoms with Gasteiger partial charge in [-0.2, -0.15) is 0 Å². The standard InChI is InChI=1S/C20H32N6O2/c1-4-5-12-26-20(23-24-25-26)19(22-16-9-7-6-8-15(16)21)14-10-11-17(27-2)18(13-14)28-3/h10-11,13,15-16,19,22H,4-9,12,21H2,1-3H3. The number of nitrogens with one attached hydrogen (secondary N) is 1. The number of nitrogens with zero attached hydrogens (tertiary/aromatic N) is 4. The Hall–Kier alpha value is -2.19. The highest BCUT2D eigenvalue weighted by Crippen LogP contribution is 2.33. The van der Waals surface area contributed by atoms with Crippen LogP contribution in [0, 0.1) is 0 Å². The fourth-order valence-corrected chi connectivity index (χ4v) is 3.82. The Balaban J connectivity index is 1.96. The highest BCUT2D eigenvalue weighted by atomic mass is 16.5. The van der Waals surface area contributed by atoms with Crippen LogP contribution in [0.1, 0.15) is 62.9 Å². The van der Waals surface area contributed by atoms with Gasteiger partial charge in [0, 0.05) is 18.6 Å². The molecule has 1 aliphatic rings. The molecule has 154 valence electrons. The summed E-state index contributed by atoms with van der Waals surface area (Å²) >= 11 is 0. The fourth-order valence-electron chi connectivity index (χ4n) is 3.82. The van der Waals surface area contributed by atoms with Crippen molar-refractivity contribution in [1.29, 1.82) is 0 Å². The van der Waals surface area contributed by atoms with Gasteiger partial charge in [-0.05, 0) is 47.4 Å². The normalized spacial score (nSPS) is 20.7. The fraction of sp³-hybridized carbons (Fsp3) is 0.650. The van der Waals surface area contributed by atoms with E-state index in [4.69, 9.17) is 15.2 Å². The average Bonchev–Trinajstić information content (AvgIpc) is 3.19. The first-order valence-corrected chi connectivity index (χ1v) is 10.2. The van der Waals surface area contributed by atoms with Crippen molar-refractivity contribution in [2.45, 2.75) is 70.1 Å². The lowest BCUT2D eigenvalue weighted by molar-refractivity contribution is 0.304. The van der Waals surface area contributed by atoms with Crippen molar-refractivity contribution in [2.24, 2.45) is 5.73 Å². The summed E-state index contributed by atoms with van der Waals surface area (Å²) in [4.78, 5) is 0. The van der Waals surface area contributed by atoms with E-state index in [9.17, 15) is 0 Å². The molecule has 0 aliphatic heterocycles. The Morgan fingerprint density at radius 3 is 2.71 bits per heavy atom. The number of methoxy groups -OCH3 is 2. The molecule has 0 spiro atoms. The third kappa shape index (κ3) is 4.62. The summed E-state index contributed by atoms with van der Waals surface area (Å²) in [5, 5.41) is 16.3. The van der Waals surface area contributed by atoms with Gasteiger partial charge in [-0.15, -0.1) is 5.10 Å². The second kappa shape index (κ2) is 9.84. The summed E-state index contributed by atoms with van der Waals surface area (Å²) in [7, 11) is 3.28. The molecule has 28 heavy (non-hydrogen) atoms. The zero-order valence-electron chi connectivity index (χ0n) is 17.1. The van der Waals surface area contributed by atoms with Crippen LogP contribution in [-0.2, 0) is 6.54 Å². The molecule has 8 heteroatoms. The maximum Gasteiger partial charge on any atom is 0.172 e. The van der Waals surface area contributed by atoms with Gasteiger partial charge >= 0.3 is 0 Å². The number of aromatic nitrogens is 4. The van der Waals surface area contributed by atoms with Gasteiger partial charge in [-0.1, -0.05) is 32.3 Å². The molecule has 3 rings (SSSR count). The zero-order valence-corrected chi connectivity index (χ0v) is 17.1. The van der Waals surface area contributed by atoms with E-state index in [0.29, 0.717) is 11.5 Å². The molecule has 3 atom stereocenters. The van der Waals surface area contributed by atoms with Crippen molar-refractivity contribution in [1.82, 2.24) is 25.5 Å². The van der Waals surface area contributed by atoms with Crippen molar-refractivity contribution in [2.75, 3.05) is 14.2 Å². The average molecular weight is 389 g/mol. The lowest BCUT2D eigenvalue weighted by Gasteiger charge is -2.33. The summed E-state index contributed by atoms with van der Waals surface area (Å²) in [6.07, 6.45) is 6.58. The third-order valence-corrected chi connectivity index (χ3v) is 5.48. The number of ether oxygens (including phenoxy) is 2. The number of nitrogens with two attached hydrogens (primary N) is 1. The SMILES string of the molecule is CCCCn1nnnc1C(NC1CCCCC1N)c1ccc(OC)c(OC)c1. The number of benzene rings is 1. The summed E-state index contributed by atoms with van der Waals surface area (Å²) in [5.74, 6) is 2.19. The van der Waals surface area contributed by atoms with E-state index in [1.165, 1.54) is 12.8 Å². The van der Waals surface area contributed by atoms with E-state index in [0.717, 1.165) is 43.6 Å². The van der Waals surface area contributed by atoms with Gasteiger partial charge in [0.15, 0.2) is 17.3 Å². The van der Waals surface area contributed by atoms with Crippen LogP contribution in [0.5, 0.6) is 11.5 Å². The molecule has 1 aliphatic carbocycles. The monoisotopic (exact) mass is 388 g/mol. The lowest BCUT2D eigenvalue weighted by Crippen LogP contribution is -2.48. The van der Waals surface area contributed by atoms with Crippen LogP contribution >= 0.6 is 0 Å². The summed E-state index contributed by atoms with van der Waals surface area (Å²) < 4.78 is 12.8. The highest BCUT2D eigenvalue weighted by Gasteiger charge is 2.29. The van der Waals surface area contributed by atoms with Gasteiger partial charge in [-0.25, -0.2) is 4.68 Å². The molecule has 1 aromatic carbocycles. The Morgan fingerprint density at radius 1 is 1.21 bits per heavy atom. The second-order valence-corrected chi connectivity index (χ2v) is 7.38. The number of rotatable bonds is 9. The topological polar surface area (TPSA) is 100 Å². The van der Waals surface area contributed by atoms with Crippen molar-refractivity contribution < 1.29 is 9.47 Å². The van der Waals surface area contributed by atoms with Crippen molar-refractivity contribution in [3.8, 4) is 11.5 Å². The number of aryl methyl sites for hydroxylation is 1. The van der Waals surface area contributed by atoms with Gasteiger partial charge in [0.2, 0.25) is 0 Å². The van der Waals surface area contributed by atoms with E-state index < -0.39 is 0 Å². The van der Waals surface area contributed by atoms with Crippen LogP contribution in [0.25, 0.3) is 0 Å². The summed E-state index contributed by atoms with van der Waals surface area (Å²) in [6, 6.07) is 6.14. The quantitative estimate of drug-likeness (QED) is 0.680. The summed E-state index contributed by atoms with van der Waals surface area (Å²) in [5.41, 5.74) is 7.44. The molecule has 1 heterocycles. The maximum atomic E-state index is 6.41. The Morgan fingerprint density at radius 2 is 2.00 bits per heavy atom. The molecule has 2 aromatic rings. The molecule has 0 radical (unpaired) electrons. The van der Waals surface area contributed by atoms with Gasteiger partial charge < -0.3 is 15.2 Å². The molecule has 3 N–H and O–H groups in total. The highest BCUT2D eigenvalue weighted by molar-refractivity contribution is 5.44. The minimum absolute atomic E-state index is 0.136. The molecule has 1 aromatic heterocycles. The maximum absolute atomic E-state index is 6.41. The van der Waals surface area contributed by atoms with Crippen molar-refractivity contribution in [3.05, 3.63) is 29.6 Å². The van der Waals surface area contributed by atoms with Crippen LogP contribution < -0.4 is 20.5 Å². The predicted octanol–water partition coefficient (Wildman–Crippen LogP) is 2.44. The van der Waals surface area contributed by atoms with E-state index >= 15 is 0 Å². The molecule has 0 saturated heterocycles. The molecule has 0 amide bonds. The molecule has 0 bridgehead atoms. The largest absolute Gasteiger partial charge is 0.493 e. The van der Waals surface area contributed by atoms with Crippen LogP contribution in [0.2, 0.25) is 0 Å². The zero-order chi connectivity index (χ0) is 19.9. The lowest BCUT2D eigenvalue weighted by atomic mass is 9.89. The van der Waals surface area contributed by atoms with E-state index in [2.05, 4.69) is 27.8 Å². The molecule has 1 saturated carbocycles. The van der Waals surface area contributed by atoms with Gasteiger partial charge in [-0.3, -0.25) is 5.32 Å². The third-order valence-electron chi connectivity index (χ3n) is 5.48. The summed E-state index contributed by atoms with van der Waals surface area (Å²) in [6.45, 7) is 2.95. The van der Waals surface area contributed by atoms with Gasteiger partial charge in [0.05, 0.1) is 20.3 Å². The Labute approximate surface area is 166 Å². The first-order valence-electron chi connectivity index (χ1n) is 10.2.